The Bertz CT molecular complexity index is 1090. The van der Waals surface area contributed by atoms with Crippen molar-refractivity contribution >= 4 is 0 Å². The van der Waals surface area contributed by atoms with Crippen LogP contribution in [0.4, 0.5) is 0 Å². The maximum absolute atomic E-state index is 10.9. The van der Waals surface area contributed by atoms with Gasteiger partial charge in [0.1, 0.15) is 6.10 Å². The van der Waals surface area contributed by atoms with Gasteiger partial charge in [-0.15, -0.1) is 0 Å². The summed E-state index contributed by atoms with van der Waals surface area (Å²) >= 11 is 0. The van der Waals surface area contributed by atoms with Crippen LogP contribution in [0.15, 0.2) is 0 Å². The van der Waals surface area contributed by atoms with Gasteiger partial charge in [0.2, 0.25) is 0 Å². The minimum absolute atomic E-state index is 0.120. The third-order valence-corrected chi connectivity index (χ3v) is 15.8. The van der Waals surface area contributed by atoms with Gasteiger partial charge >= 0.3 is 0 Å². The van der Waals surface area contributed by atoms with Crippen LogP contribution in [0.1, 0.15) is 99.3 Å². The smallest absolute Gasteiger partial charge is 0.170 e. The number of hydrogen-bond acceptors (Lipinski definition) is 7. The number of nitrogens with zero attached hydrogens (tertiary/aromatic N) is 1. The Morgan fingerprint density at radius 3 is 2.42 bits per heavy atom. The molecule has 13 atom stereocenters. The summed E-state index contributed by atoms with van der Waals surface area (Å²) < 4.78 is 25.3. The molecule has 43 heavy (non-hydrogen) atoms. The van der Waals surface area contributed by atoms with Gasteiger partial charge in [-0.1, -0.05) is 27.7 Å². The quantitative estimate of drug-likeness (QED) is 0.459. The number of hydrogen-bond donors (Lipinski definition) is 2. The van der Waals surface area contributed by atoms with Crippen LogP contribution in [0.5, 0.6) is 0 Å². The molecule has 5 aliphatic carbocycles. The average Bonchev–Trinajstić information content (AvgIpc) is 3.30. The molecular weight excluding hydrogens is 542 g/mol. The van der Waals surface area contributed by atoms with Crippen LogP contribution in [0.3, 0.4) is 0 Å². The molecule has 2 N–H and O–H groups in total. The second-order valence-electron chi connectivity index (χ2n) is 17.9. The SMILES string of the molecule is C[C@@H]1C23CC[C@H](OC4CN(C5COC5)CCO4)C(C)(C)C2CC[C@H]2C4C[C@H]5O[C@@H]([C@H](O)C(C)(C)O)CC[C@@H]5[C@@]4(C)CC[C@]123. The van der Waals surface area contributed by atoms with Crippen LogP contribution in [0.25, 0.3) is 0 Å². The van der Waals surface area contributed by atoms with E-state index in [0.717, 1.165) is 70.4 Å². The maximum Gasteiger partial charge on any atom is 0.170 e. The predicted octanol–water partition coefficient (Wildman–Crippen LogP) is 5.01. The molecule has 3 heterocycles. The highest BCUT2D eigenvalue weighted by Gasteiger charge is 2.84. The maximum atomic E-state index is 10.9. The summed E-state index contributed by atoms with van der Waals surface area (Å²) in [5.74, 6) is 3.59. The zero-order chi connectivity index (χ0) is 30.2. The lowest BCUT2D eigenvalue weighted by Gasteiger charge is -2.60. The van der Waals surface area contributed by atoms with Crippen molar-refractivity contribution in [2.45, 2.75) is 142 Å². The van der Waals surface area contributed by atoms with Crippen LogP contribution in [-0.4, -0.2) is 90.4 Å². The number of morpholine rings is 1. The molecule has 0 aromatic rings. The number of aliphatic hydroxyl groups is 2. The second-order valence-corrected chi connectivity index (χ2v) is 17.9. The zero-order valence-corrected chi connectivity index (χ0v) is 27.7. The van der Waals surface area contributed by atoms with Crippen molar-refractivity contribution < 1.29 is 29.2 Å². The average molecular weight is 602 g/mol. The Morgan fingerprint density at radius 1 is 0.930 bits per heavy atom. The van der Waals surface area contributed by atoms with Crippen LogP contribution < -0.4 is 0 Å². The number of aliphatic hydroxyl groups excluding tert-OH is 1. The lowest BCUT2D eigenvalue weighted by atomic mass is 9.46. The highest BCUT2D eigenvalue weighted by molar-refractivity contribution is 5.32. The Kier molecular flexibility index (Phi) is 6.90. The van der Waals surface area contributed by atoms with Gasteiger partial charge in [-0.25, -0.2) is 0 Å². The van der Waals surface area contributed by atoms with Crippen molar-refractivity contribution in [2.24, 2.45) is 51.2 Å². The standard InChI is InChI=1S/C36H59NO6/c1-21-35-14-13-34(6)24-7-9-26(31(38)33(4,5)39)42-27(24)17-25(34)23(35)8-10-28-32(2,3)29(11-12-36(21,28)35)43-30-18-37(15-16-41-30)22-19-40-20-22/h21-31,38-39H,7-20H2,1-6H3/t21-,23-,24-,25?,26+,27+,28?,29-,30?,31-,34+,35-,36?/m0/s1. The first-order chi connectivity index (χ1) is 20.3. The molecule has 4 unspecified atom stereocenters. The molecule has 8 aliphatic rings. The molecule has 244 valence electrons. The molecule has 5 saturated carbocycles. The van der Waals surface area contributed by atoms with Gasteiger partial charge in [0.05, 0.1) is 56.3 Å². The van der Waals surface area contributed by atoms with E-state index in [1.807, 2.05) is 0 Å². The summed E-state index contributed by atoms with van der Waals surface area (Å²) in [5, 5.41) is 21.4. The van der Waals surface area contributed by atoms with Crippen molar-refractivity contribution in [1.29, 1.82) is 0 Å². The Labute approximate surface area is 259 Å². The van der Waals surface area contributed by atoms with Crippen LogP contribution in [0, 0.1) is 51.2 Å². The monoisotopic (exact) mass is 601 g/mol. The van der Waals surface area contributed by atoms with Crippen molar-refractivity contribution in [3.05, 3.63) is 0 Å². The number of ether oxygens (including phenoxy) is 4. The topological polar surface area (TPSA) is 80.6 Å². The highest BCUT2D eigenvalue weighted by atomic mass is 16.7. The van der Waals surface area contributed by atoms with Gasteiger partial charge in [0.25, 0.3) is 0 Å². The van der Waals surface area contributed by atoms with E-state index in [1.165, 1.54) is 32.1 Å². The molecular formula is C36H59NO6. The second kappa shape index (κ2) is 9.87. The Hall–Kier alpha value is -0.280. The molecule has 0 amide bonds. The lowest BCUT2D eigenvalue weighted by molar-refractivity contribution is -0.253. The molecule has 7 heteroatoms. The molecule has 7 nitrogen and oxygen atoms in total. The van der Waals surface area contributed by atoms with Gasteiger partial charge in [0.15, 0.2) is 6.29 Å². The van der Waals surface area contributed by atoms with E-state index >= 15 is 0 Å². The fourth-order valence-electron chi connectivity index (χ4n) is 13.6. The molecule has 0 aromatic carbocycles. The lowest BCUT2D eigenvalue weighted by Crippen LogP contribution is -2.58. The van der Waals surface area contributed by atoms with Crippen molar-refractivity contribution in [1.82, 2.24) is 4.90 Å². The predicted molar refractivity (Wildman–Crippen MR) is 163 cm³/mol. The van der Waals surface area contributed by atoms with Gasteiger partial charge in [-0.3, -0.25) is 4.90 Å². The number of fused-ring (bicyclic) bond motifs is 4. The highest BCUT2D eigenvalue weighted by Crippen LogP contribution is 2.89. The van der Waals surface area contributed by atoms with E-state index in [0.29, 0.717) is 40.0 Å². The summed E-state index contributed by atoms with van der Waals surface area (Å²) in [6.45, 7) is 18.0. The van der Waals surface area contributed by atoms with Gasteiger partial charge in [-0.05, 0) is 123 Å². The van der Waals surface area contributed by atoms with Crippen LogP contribution in [-0.2, 0) is 18.9 Å². The molecule has 3 aliphatic heterocycles. The van der Waals surface area contributed by atoms with E-state index in [1.54, 1.807) is 13.8 Å². The van der Waals surface area contributed by atoms with Crippen molar-refractivity contribution in [2.75, 3.05) is 32.9 Å². The summed E-state index contributed by atoms with van der Waals surface area (Å²) in [5.41, 5.74) is 0.281. The molecule has 0 radical (unpaired) electrons. The van der Waals surface area contributed by atoms with E-state index in [4.69, 9.17) is 18.9 Å². The first-order valence-electron chi connectivity index (χ1n) is 18.0. The largest absolute Gasteiger partial charge is 0.388 e. The fraction of sp³-hybridized carbons (Fsp3) is 1.00. The summed E-state index contributed by atoms with van der Waals surface area (Å²) in [6.07, 6.45) is 10.3. The summed E-state index contributed by atoms with van der Waals surface area (Å²) in [4.78, 5) is 2.52. The van der Waals surface area contributed by atoms with E-state index in [9.17, 15) is 10.2 Å². The van der Waals surface area contributed by atoms with Crippen LogP contribution in [0.2, 0.25) is 0 Å². The van der Waals surface area contributed by atoms with Gasteiger partial charge < -0.3 is 29.2 Å². The first kappa shape index (κ1) is 30.1. The third kappa shape index (κ3) is 4.04. The number of rotatable bonds is 5. The summed E-state index contributed by atoms with van der Waals surface area (Å²) in [6, 6.07) is 0.541. The molecule has 3 saturated heterocycles. The summed E-state index contributed by atoms with van der Waals surface area (Å²) in [7, 11) is 0. The van der Waals surface area contributed by atoms with E-state index in [2.05, 4.69) is 32.6 Å². The van der Waals surface area contributed by atoms with Crippen molar-refractivity contribution in [3.8, 4) is 0 Å². The van der Waals surface area contributed by atoms with Gasteiger partial charge in [0, 0.05) is 6.54 Å². The molecule has 0 aromatic heterocycles. The van der Waals surface area contributed by atoms with Crippen LogP contribution >= 0.6 is 0 Å². The zero-order valence-electron chi connectivity index (χ0n) is 27.7. The minimum atomic E-state index is -1.13. The van der Waals surface area contributed by atoms with E-state index < -0.39 is 11.7 Å². The van der Waals surface area contributed by atoms with E-state index in [-0.39, 0.29) is 30.0 Å². The molecule has 8 fully saturated rings. The molecule has 0 bridgehead atoms. The van der Waals surface area contributed by atoms with Crippen molar-refractivity contribution in [3.63, 3.8) is 0 Å². The molecule has 8 rings (SSSR count). The third-order valence-electron chi connectivity index (χ3n) is 15.8. The normalized spacial score (nSPS) is 53.4. The molecule has 2 spiro atoms. The fourth-order valence-corrected chi connectivity index (χ4v) is 13.6. The Morgan fingerprint density at radius 2 is 1.70 bits per heavy atom. The minimum Gasteiger partial charge on any atom is -0.388 e. The van der Waals surface area contributed by atoms with Gasteiger partial charge in [-0.2, -0.15) is 0 Å². The first-order valence-corrected chi connectivity index (χ1v) is 18.0. The Balaban J connectivity index is 0.994.